The molecule has 0 fully saturated rings. The second-order valence-electron chi connectivity index (χ2n) is 4.29. The van der Waals surface area contributed by atoms with Crippen molar-refractivity contribution in [2.45, 2.75) is 25.9 Å². The summed E-state index contributed by atoms with van der Waals surface area (Å²) in [6, 6.07) is 8.99. The van der Waals surface area contributed by atoms with Gasteiger partial charge in [0.1, 0.15) is 5.82 Å². The predicted octanol–water partition coefficient (Wildman–Crippen LogP) is 4.95. The molecule has 2 rings (SSSR count). The van der Waals surface area contributed by atoms with Crippen LogP contribution in [0.25, 0.3) is 0 Å². The van der Waals surface area contributed by atoms with E-state index in [2.05, 4.69) is 23.7 Å². The summed E-state index contributed by atoms with van der Waals surface area (Å²) in [6.45, 7) is 4.14. The fourth-order valence-corrected chi connectivity index (χ4v) is 3.01. The van der Waals surface area contributed by atoms with Crippen LogP contribution >= 0.6 is 22.9 Å². The number of hydrogen-bond acceptors (Lipinski definition) is 2. The molecule has 18 heavy (non-hydrogen) atoms. The molecule has 96 valence electrons. The fourth-order valence-electron chi connectivity index (χ4n) is 1.94. The molecule has 1 heterocycles. The zero-order chi connectivity index (χ0) is 13.1. The Bertz CT molecular complexity index is 513. The molecule has 1 N–H and O–H groups in total. The minimum Gasteiger partial charge on any atom is -0.303 e. The van der Waals surface area contributed by atoms with Crippen molar-refractivity contribution in [2.75, 3.05) is 0 Å². The molecule has 0 aliphatic rings. The van der Waals surface area contributed by atoms with Gasteiger partial charge in [-0.05, 0) is 43.0 Å². The second-order valence-corrected chi connectivity index (χ2v) is 5.68. The van der Waals surface area contributed by atoms with Gasteiger partial charge in [-0.15, -0.1) is 11.3 Å². The number of rotatable bonds is 4. The molecule has 0 aliphatic carbocycles. The van der Waals surface area contributed by atoms with Gasteiger partial charge in [-0.2, -0.15) is 0 Å². The van der Waals surface area contributed by atoms with Crippen LogP contribution in [0.1, 0.15) is 36.4 Å². The summed E-state index contributed by atoms with van der Waals surface area (Å²) in [7, 11) is 0. The third-order valence-electron chi connectivity index (χ3n) is 2.90. The van der Waals surface area contributed by atoms with Gasteiger partial charge in [0.05, 0.1) is 0 Å². The monoisotopic (exact) mass is 283 g/mol. The van der Waals surface area contributed by atoms with Crippen molar-refractivity contribution in [3.05, 3.63) is 57.0 Å². The third kappa shape index (κ3) is 3.10. The lowest BCUT2D eigenvalue weighted by atomic mass is 10.1. The lowest BCUT2D eigenvalue weighted by molar-refractivity contribution is 0.499. The van der Waals surface area contributed by atoms with Crippen molar-refractivity contribution >= 4 is 22.9 Å². The van der Waals surface area contributed by atoms with Gasteiger partial charge < -0.3 is 5.32 Å². The molecule has 0 spiro atoms. The minimum absolute atomic E-state index is 0.0789. The number of hydrogen-bond donors (Lipinski definition) is 1. The average molecular weight is 284 g/mol. The predicted molar refractivity (Wildman–Crippen MR) is 75.7 cm³/mol. The molecule has 2 atom stereocenters. The maximum absolute atomic E-state index is 13.0. The van der Waals surface area contributed by atoms with E-state index in [9.17, 15) is 4.39 Å². The molecule has 1 aromatic carbocycles. The number of nitrogens with one attached hydrogen (secondary N) is 1. The van der Waals surface area contributed by atoms with E-state index in [0.29, 0.717) is 5.02 Å². The van der Waals surface area contributed by atoms with E-state index in [4.69, 9.17) is 11.6 Å². The molecule has 0 radical (unpaired) electrons. The Morgan fingerprint density at radius 3 is 2.61 bits per heavy atom. The largest absolute Gasteiger partial charge is 0.303 e. The standard InChI is InChI=1S/C14H15ClFNS/c1-9(12-6-5-11(16)8-13(12)15)17-10(2)14-4-3-7-18-14/h3-10,17H,1-2H3. The summed E-state index contributed by atoms with van der Waals surface area (Å²) < 4.78 is 13.0. The lowest BCUT2D eigenvalue weighted by Gasteiger charge is -2.20. The Balaban J connectivity index is 2.10. The molecule has 2 aromatic rings. The van der Waals surface area contributed by atoms with Gasteiger partial charge in [-0.1, -0.05) is 23.7 Å². The van der Waals surface area contributed by atoms with Crippen molar-refractivity contribution in [2.24, 2.45) is 0 Å². The normalized spacial score (nSPS) is 14.4. The zero-order valence-electron chi connectivity index (χ0n) is 10.3. The Kier molecular flexibility index (Phi) is 4.38. The van der Waals surface area contributed by atoms with Crippen molar-refractivity contribution in [3.8, 4) is 0 Å². The van der Waals surface area contributed by atoms with Crippen LogP contribution in [0.5, 0.6) is 0 Å². The van der Waals surface area contributed by atoms with E-state index < -0.39 is 0 Å². The topological polar surface area (TPSA) is 12.0 Å². The third-order valence-corrected chi connectivity index (χ3v) is 4.28. The summed E-state index contributed by atoms with van der Waals surface area (Å²) in [5, 5.41) is 5.99. The van der Waals surface area contributed by atoms with Crippen molar-refractivity contribution in [3.63, 3.8) is 0 Å². The van der Waals surface area contributed by atoms with E-state index in [0.717, 1.165) is 5.56 Å². The number of benzene rings is 1. The van der Waals surface area contributed by atoms with Crippen LogP contribution in [0.4, 0.5) is 4.39 Å². The molecule has 2 unspecified atom stereocenters. The summed E-state index contributed by atoms with van der Waals surface area (Å²) >= 11 is 7.77. The lowest BCUT2D eigenvalue weighted by Crippen LogP contribution is -2.22. The Morgan fingerprint density at radius 1 is 1.22 bits per heavy atom. The van der Waals surface area contributed by atoms with Crippen LogP contribution < -0.4 is 5.32 Å². The van der Waals surface area contributed by atoms with Gasteiger partial charge in [0.25, 0.3) is 0 Å². The molecule has 0 saturated heterocycles. The van der Waals surface area contributed by atoms with Gasteiger partial charge in [-0.25, -0.2) is 4.39 Å². The quantitative estimate of drug-likeness (QED) is 0.837. The second kappa shape index (κ2) is 5.83. The van der Waals surface area contributed by atoms with Gasteiger partial charge in [0.2, 0.25) is 0 Å². The van der Waals surface area contributed by atoms with E-state index in [1.807, 2.05) is 13.0 Å². The van der Waals surface area contributed by atoms with E-state index >= 15 is 0 Å². The molecule has 0 bridgehead atoms. The van der Waals surface area contributed by atoms with Gasteiger partial charge in [0, 0.05) is 22.0 Å². The zero-order valence-corrected chi connectivity index (χ0v) is 11.9. The first-order valence-corrected chi connectivity index (χ1v) is 7.08. The minimum atomic E-state index is -0.303. The van der Waals surface area contributed by atoms with Gasteiger partial charge in [0.15, 0.2) is 0 Å². The van der Waals surface area contributed by atoms with Crippen LogP contribution in [0.3, 0.4) is 0 Å². The molecule has 0 saturated carbocycles. The van der Waals surface area contributed by atoms with Crippen LogP contribution in [0.15, 0.2) is 35.7 Å². The van der Waals surface area contributed by atoms with Crippen LogP contribution in [-0.4, -0.2) is 0 Å². The molecular formula is C14H15ClFNS. The smallest absolute Gasteiger partial charge is 0.124 e. The molecule has 1 nitrogen and oxygen atoms in total. The first-order chi connectivity index (χ1) is 8.58. The molecule has 4 heteroatoms. The molecule has 1 aromatic heterocycles. The highest BCUT2D eigenvalue weighted by molar-refractivity contribution is 7.10. The highest BCUT2D eigenvalue weighted by atomic mass is 35.5. The van der Waals surface area contributed by atoms with Gasteiger partial charge >= 0.3 is 0 Å². The Morgan fingerprint density at radius 2 is 2.00 bits per heavy atom. The van der Waals surface area contributed by atoms with Crippen LogP contribution in [0.2, 0.25) is 5.02 Å². The molecule has 0 amide bonds. The summed E-state index contributed by atoms with van der Waals surface area (Å²) in [5.41, 5.74) is 0.918. The van der Waals surface area contributed by atoms with Crippen LogP contribution in [0, 0.1) is 5.82 Å². The van der Waals surface area contributed by atoms with Crippen molar-refractivity contribution < 1.29 is 4.39 Å². The van der Waals surface area contributed by atoms with Crippen molar-refractivity contribution in [1.82, 2.24) is 5.32 Å². The number of halogens is 2. The first kappa shape index (κ1) is 13.5. The maximum atomic E-state index is 13.0. The summed E-state index contributed by atoms with van der Waals surface area (Å²) in [5.74, 6) is -0.303. The van der Waals surface area contributed by atoms with Crippen LogP contribution in [-0.2, 0) is 0 Å². The number of thiophene rings is 1. The first-order valence-electron chi connectivity index (χ1n) is 5.82. The van der Waals surface area contributed by atoms with E-state index in [1.54, 1.807) is 17.4 Å². The SMILES string of the molecule is CC(NC(C)c1ccc(F)cc1Cl)c1cccs1. The Labute approximate surface area is 116 Å². The average Bonchev–Trinajstić information content (AvgIpc) is 2.81. The fraction of sp³-hybridized carbons (Fsp3) is 0.286. The summed E-state index contributed by atoms with van der Waals surface area (Å²) in [4.78, 5) is 1.28. The van der Waals surface area contributed by atoms with Gasteiger partial charge in [-0.3, -0.25) is 0 Å². The van der Waals surface area contributed by atoms with E-state index in [-0.39, 0.29) is 17.9 Å². The highest BCUT2D eigenvalue weighted by Gasteiger charge is 2.14. The molecule has 0 aliphatic heterocycles. The Hall–Kier alpha value is -0.900. The summed E-state index contributed by atoms with van der Waals surface area (Å²) in [6.07, 6.45) is 0. The van der Waals surface area contributed by atoms with Crippen molar-refractivity contribution in [1.29, 1.82) is 0 Å². The highest BCUT2D eigenvalue weighted by Crippen LogP contribution is 2.27. The molecular weight excluding hydrogens is 269 g/mol. The van der Waals surface area contributed by atoms with E-state index in [1.165, 1.54) is 17.0 Å². The maximum Gasteiger partial charge on any atom is 0.124 e.